The van der Waals surface area contributed by atoms with Crippen LogP contribution < -0.4 is 10.5 Å². The molecule has 1 aromatic carbocycles. The molecule has 0 aliphatic carbocycles. The third-order valence-electron chi connectivity index (χ3n) is 3.78. The van der Waals surface area contributed by atoms with Crippen LogP contribution in [0.5, 0.6) is 5.75 Å². The second kappa shape index (κ2) is 15.7. The number of hydrogen-bond acceptors (Lipinski definition) is 5. The molecule has 0 heterocycles. The zero-order chi connectivity index (χ0) is 24.0. The van der Waals surface area contributed by atoms with Crippen LogP contribution in [0.4, 0.5) is 0 Å². The van der Waals surface area contributed by atoms with E-state index in [1.165, 1.54) is 6.07 Å². The molecule has 31 heavy (non-hydrogen) atoms. The summed E-state index contributed by atoms with van der Waals surface area (Å²) in [4.78, 5) is 22.5. The Bertz CT molecular complexity index is 747. The summed E-state index contributed by atoms with van der Waals surface area (Å²) in [7, 11) is 0. The number of nitrogens with two attached hydrogens (primary N) is 1. The Morgan fingerprint density at radius 2 is 1.84 bits per heavy atom. The molecule has 0 fully saturated rings. The van der Waals surface area contributed by atoms with Crippen LogP contribution in [-0.2, 0) is 14.3 Å². The lowest BCUT2D eigenvalue weighted by atomic mass is 9.97. The number of carboxylic acids is 1. The van der Waals surface area contributed by atoms with Gasteiger partial charge in [0.2, 0.25) is 0 Å². The van der Waals surface area contributed by atoms with E-state index in [1.54, 1.807) is 25.1 Å². The van der Waals surface area contributed by atoms with Crippen molar-refractivity contribution in [3.63, 3.8) is 0 Å². The zero-order valence-corrected chi connectivity index (χ0v) is 20.1. The number of hydrogen-bond donors (Lipinski definition) is 2. The first-order chi connectivity index (χ1) is 14.4. The fourth-order valence-corrected chi connectivity index (χ4v) is 2.75. The Balaban J connectivity index is 0.00000206. The summed E-state index contributed by atoms with van der Waals surface area (Å²) in [6.07, 6.45) is 4.34. The molecule has 0 aliphatic rings. The van der Waals surface area contributed by atoms with Gasteiger partial charge < -0.3 is 20.3 Å². The summed E-state index contributed by atoms with van der Waals surface area (Å²) in [5.74, 6) is -0.877. The summed E-state index contributed by atoms with van der Waals surface area (Å²) in [6.45, 7) is 11.3. The van der Waals surface area contributed by atoms with Gasteiger partial charge in [-0.25, -0.2) is 9.59 Å². The highest BCUT2D eigenvalue weighted by Crippen LogP contribution is 2.27. The van der Waals surface area contributed by atoms with Gasteiger partial charge in [-0.2, -0.15) is 0 Å². The maximum atomic E-state index is 12.1. The van der Waals surface area contributed by atoms with Gasteiger partial charge in [-0.3, -0.25) is 0 Å². The maximum Gasteiger partial charge on any atom is 0.344 e. The van der Waals surface area contributed by atoms with Crippen LogP contribution in [0.15, 0.2) is 42.5 Å². The van der Waals surface area contributed by atoms with E-state index in [0.717, 1.165) is 18.1 Å². The highest BCUT2D eigenvalue weighted by molar-refractivity contribution is 6.35. The Morgan fingerprint density at radius 3 is 2.35 bits per heavy atom. The van der Waals surface area contributed by atoms with Gasteiger partial charge in [-0.1, -0.05) is 56.6 Å². The van der Waals surface area contributed by atoms with Gasteiger partial charge in [-0.15, -0.1) is 0 Å². The highest BCUT2D eigenvalue weighted by atomic mass is 35.5. The molecule has 0 aliphatic heterocycles. The molecule has 2 unspecified atom stereocenters. The van der Waals surface area contributed by atoms with Crippen molar-refractivity contribution < 1.29 is 24.2 Å². The van der Waals surface area contributed by atoms with Crippen molar-refractivity contribution in [3.05, 3.63) is 52.5 Å². The van der Waals surface area contributed by atoms with Gasteiger partial charge in [0, 0.05) is 11.1 Å². The molecule has 8 heteroatoms. The predicted octanol–water partition coefficient (Wildman–Crippen LogP) is 5.66. The first kappa shape index (κ1) is 29.0. The lowest BCUT2D eigenvalue weighted by Gasteiger charge is -2.20. The molecule has 0 spiro atoms. The summed E-state index contributed by atoms with van der Waals surface area (Å²) < 4.78 is 10.8. The van der Waals surface area contributed by atoms with Crippen molar-refractivity contribution >= 4 is 35.1 Å². The van der Waals surface area contributed by atoms with Crippen molar-refractivity contribution in [3.8, 4) is 5.75 Å². The van der Waals surface area contributed by atoms with E-state index < -0.39 is 18.0 Å². The van der Waals surface area contributed by atoms with E-state index in [9.17, 15) is 9.59 Å². The highest BCUT2D eigenvalue weighted by Gasteiger charge is 2.17. The van der Waals surface area contributed by atoms with Gasteiger partial charge in [-0.05, 0) is 61.9 Å². The number of esters is 1. The van der Waals surface area contributed by atoms with Crippen molar-refractivity contribution in [2.75, 3.05) is 6.61 Å². The van der Waals surface area contributed by atoms with Crippen molar-refractivity contribution in [2.24, 2.45) is 11.7 Å². The van der Waals surface area contributed by atoms with Crippen LogP contribution in [0.25, 0.3) is 0 Å². The minimum atomic E-state index is -0.961. The Kier molecular flexibility index (Phi) is 14.7. The van der Waals surface area contributed by atoms with Gasteiger partial charge in [0.1, 0.15) is 11.9 Å². The molecule has 3 N–H and O–H groups in total. The average Bonchev–Trinajstić information content (AvgIpc) is 2.63. The molecule has 0 amide bonds. The van der Waals surface area contributed by atoms with Crippen LogP contribution in [0.1, 0.15) is 47.0 Å². The van der Waals surface area contributed by atoms with E-state index in [-0.39, 0.29) is 12.5 Å². The number of aliphatic carboxylic acids is 1. The summed E-state index contributed by atoms with van der Waals surface area (Å²) in [5, 5.41) is 9.39. The largest absolute Gasteiger partial charge is 0.480 e. The zero-order valence-electron chi connectivity index (χ0n) is 18.6. The normalized spacial score (nSPS) is 12.6. The molecule has 1 rings (SSSR count). The standard InChI is InChI=1S/C20H24Cl2O5.C3H9N/c1-13(2)17(9-7-14(3)5-4-6-19(23)24)27-20(25)12-26-18-10-8-15(21)11-16(18)22;1-3(2)4/h4,6,8,10-11,14,17H,1,5,7,9,12H2,2-3H3,(H,23,24);3H,4H2,1-2H3. The van der Waals surface area contributed by atoms with E-state index in [4.69, 9.17) is 43.5 Å². The van der Waals surface area contributed by atoms with Crippen molar-refractivity contribution in [2.45, 2.75) is 59.1 Å². The van der Waals surface area contributed by atoms with Crippen molar-refractivity contribution in [1.82, 2.24) is 0 Å². The van der Waals surface area contributed by atoms with E-state index in [2.05, 4.69) is 6.58 Å². The number of allylic oxidation sites excluding steroid dienone is 1. The third-order valence-corrected chi connectivity index (χ3v) is 4.31. The summed E-state index contributed by atoms with van der Waals surface area (Å²) in [6, 6.07) is 5.06. The molecule has 174 valence electrons. The SMILES string of the molecule is C=C(C)C(CCC(C)CC=CC(=O)O)OC(=O)COc1ccc(Cl)cc1Cl.CC(C)N. The number of carbonyl (C=O) groups excluding carboxylic acids is 1. The Hall–Kier alpha value is -2.02. The number of carboxylic acid groups (broad SMARTS) is 1. The maximum absolute atomic E-state index is 12.1. The first-order valence-corrected chi connectivity index (χ1v) is 10.8. The number of benzene rings is 1. The summed E-state index contributed by atoms with van der Waals surface area (Å²) >= 11 is 11.8. The number of ether oxygens (including phenoxy) is 2. The minimum Gasteiger partial charge on any atom is -0.480 e. The third kappa shape index (κ3) is 15.4. The van der Waals surface area contributed by atoms with Crippen LogP contribution in [-0.4, -0.2) is 35.8 Å². The second-order valence-corrected chi connectivity index (χ2v) is 8.43. The lowest BCUT2D eigenvalue weighted by molar-refractivity contribution is -0.150. The Morgan fingerprint density at radius 1 is 1.23 bits per heavy atom. The molecule has 0 radical (unpaired) electrons. The predicted molar refractivity (Wildman–Crippen MR) is 126 cm³/mol. The van der Waals surface area contributed by atoms with Crippen LogP contribution in [0.2, 0.25) is 10.0 Å². The second-order valence-electron chi connectivity index (χ2n) is 7.59. The van der Waals surface area contributed by atoms with Gasteiger partial charge in [0.25, 0.3) is 0 Å². The summed E-state index contributed by atoms with van der Waals surface area (Å²) in [5.41, 5.74) is 5.85. The molecule has 0 saturated carbocycles. The number of carbonyl (C=O) groups is 2. The first-order valence-electron chi connectivity index (χ1n) is 10.00. The molecular weight excluding hydrogens is 441 g/mol. The molecular formula is C23H33Cl2NO5. The molecule has 1 aromatic rings. The topological polar surface area (TPSA) is 98.8 Å². The fourth-order valence-electron chi connectivity index (χ4n) is 2.28. The van der Waals surface area contributed by atoms with Crippen molar-refractivity contribution in [1.29, 1.82) is 0 Å². The number of rotatable bonds is 11. The van der Waals surface area contributed by atoms with E-state index in [0.29, 0.717) is 34.7 Å². The molecule has 6 nitrogen and oxygen atoms in total. The Labute approximate surface area is 195 Å². The van der Waals surface area contributed by atoms with E-state index in [1.807, 2.05) is 20.8 Å². The molecule has 2 atom stereocenters. The van der Waals surface area contributed by atoms with E-state index >= 15 is 0 Å². The molecule has 0 aromatic heterocycles. The van der Waals surface area contributed by atoms with Gasteiger partial charge in [0.15, 0.2) is 6.61 Å². The number of halogens is 2. The average molecular weight is 474 g/mol. The smallest absolute Gasteiger partial charge is 0.344 e. The van der Waals surface area contributed by atoms with Crippen LogP contribution in [0.3, 0.4) is 0 Å². The fraction of sp³-hybridized carbons (Fsp3) is 0.478. The van der Waals surface area contributed by atoms with Crippen LogP contribution >= 0.6 is 23.2 Å². The van der Waals surface area contributed by atoms with Gasteiger partial charge in [0.05, 0.1) is 5.02 Å². The minimum absolute atomic E-state index is 0.255. The molecule has 0 saturated heterocycles. The van der Waals surface area contributed by atoms with Crippen LogP contribution in [0, 0.1) is 5.92 Å². The monoisotopic (exact) mass is 473 g/mol. The van der Waals surface area contributed by atoms with Gasteiger partial charge >= 0.3 is 11.9 Å². The lowest BCUT2D eigenvalue weighted by Crippen LogP contribution is -2.24. The molecule has 0 bridgehead atoms. The quantitative estimate of drug-likeness (QED) is 0.244.